The Labute approximate surface area is 162 Å². The number of hydrogen-bond donors (Lipinski definition) is 1. The van der Waals surface area contributed by atoms with E-state index in [1.165, 1.54) is 18.3 Å². The summed E-state index contributed by atoms with van der Waals surface area (Å²) in [7, 11) is 0. The van der Waals surface area contributed by atoms with Gasteiger partial charge in [0, 0.05) is 32.5 Å². The average Bonchev–Trinajstić information content (AvgIpc) is 3.28. The van der Waals surface area contributed by atoms with Gasteiger partial charge >= 0.3 is 0 Å². The summed E-state index contributed by atoms with van der Waals surface area (Å²) in [5, 5.41) is 0.533. The molecule has 3 heterocycles. The van der Waals surface area contributed by atoms with E-state index in [4.69, 9.17) is 10.5 Å². The summed E-state index contributed by atoms with van der Waals surface area (Å²) in [5.74, 6) is -0.670. The second kappa shape index (κ2) is 8.35. The number of aromatic nitrogens is 1. The maximum atomic E-state index is 12.9. The molecular formula is C18H26N4O4S. The van der Waals surface area contributed by atoms with Gasteiger partial charge in [-0.3, -0.25) is 19.3 Å². The monoisotopic (exact) mass is 394 g/mol. The minimum Gasteiger partial charge on any atom is -0.376 e. The van der Waals surface area contributed by atoms with Gasteiger partial charge in [0.1, 0.15) is 4.88 Å². The number of carbonyl (C=O) groups is 3. The molecule has 8 nitrogen and oxygen atoms in total. The number of carbonyl (C=O) groups excluding carboxylic acids is 3. The zero-order valence-electron chi connectivity index (χ0n) is 15.8. The number of likely N-dealkylation sites (tertiary alicyclic amines) is 1. The molecule has 1 aromatic heterocycles. The number of ether oxygens (including phenoxy) is 1. The van der Waals surface area contributed by atoms with Crippen LogP contribution in [0.3, 0.4) is 0 Å². The molecule has 2 fully saturated rings. The van der Waals surface area contributed by atoms with E-state index < -0.39 is 0 Å². The van der Waals surface area contributed by atoms with Crippen LogP contribution < -0.4 is 10.6 Å². The molecule has 0 radical (unpaired) electrons. The molecule has 148 valence electrons. The molecule has 2 aliphatic rings. The standard InChI is InChI=1S/C18H26N4O4S/c1-11-15(17(25)21-7-5-13(6-8-21)16(19)24)27-18(20-11)22(12(2)23)10-14-4-3-9-26-14/h13-14H,3-10H2,1-2H3,(H2,19,24)/t14-/m0/s1. The van der Waals surface area contributed by atoms with Crippen LogP contribution in [0.5, 0.6) is 0 Å². The number of nitrogens with two attached hydrogens (primary N) is 1. The summed E-state index contributed by atoms with van der Waals surface area (Å²) in [6.07, 6.45) is 3.12. The number of hydrogen-bond acceptors (Lipinski definition) is 6. The molecule has 3 amide bonds. The lowest BCUT2D eigenvalue weighted by Crippen LogP contribution is -2.41. The zero-order valence-corrected chi connectivity index (χ0v) is 16.6. The van der Waals surface area contributed by atoms with Crippen LogP contribution in [-0.2, 0) is 14.3 Å². The Bertz CT molecular complexity index is 721. The van der Waals surface area contributed by atoms with Crippen LogP contribution in [0.15, 0.2) is 0 Å². The van der Waals surface area contributed by atoms with Gasteiger partial charge in [-0.1, -0.05) is 11.3 Å². The third-order valence-electron chi connectivity index (χ3n) is 5.19. The van der Waals surface area contributed by atoms with Crippen molar-refractivity contribution in [3.05, 3.63) is 10.6 Å². The van der Waals surface area contributed by atoms with E-state index in [1.54, 1.807) is 16.7 Å². The zero-order chi connectivity index (χ0) is 19.6. The molecule has 3 rings (SSSR count). The maximum Gasteiger partial charge on any atom is 0.265 e. The van der Waals surface area contributed by atoms with E-state index in [-0.39, 0.29) is 29.7 Å². The maximum absolute atomic E-state index is 12.9. The smallest absolute Gasteiger partial charge is 0.265 e. The molecule has 2 saturated heterocycles. The molecule has 0 bridgehead atoms. The molecule has 0 unspecified atom stereocenters. The highest BCUT2D eigenvalue weighted by Crippen LogP contribution is 2.30. The molecule has 2 aliphatic heterocycles. The fraction of sp³-hybridized carbons (Fsp3) is 0.667. The van der Waals surface area contributed by atoms with Crippen molar-refractivity contribution in [2.45, 2.75) is 45.6 Å². The first-order valence-corrected chi connectivity index (χ1v) is 10.1. The molecule has 27 heavy (non-hydrogen) atoms. The van der Waals surface area contributed by atoms with E-state index >= 15 is 0 Å². The Morgan fingerprint density at radius 3 is 2.56 bits per heavy atom. The largest absolute Gasteiger partial charge is 0.376 e. The Morgan fingerprint density at radius 1 is 1.30 bits per heavy atom. The molecule has 1 aromatic rings. The fourth-order valence-electron chi connectivity index (χ4n) is 3.54. The van der Waals surface area contributed by atoms with E-state index in [0.29, 0.717) is 48.2 Å². The number of amides is 3. The van der Waals surface area contributed by atoms with Crippen LogP contribution in [-0.4, -0.2) is 60.0 Å². The van der Waals surface area contributed by atoms with Gasteiger partial charge < -0.3 is 15.4 Å². The minimum atomic E-state index is -0.301. The third-order valence-corrected chi connectivity index (χ3v) is 6.35. The molecule has 0 spiro atoms. The minimum absolute atomic E-state index is 0.0186. The van der Waals surface area contributed by atoms with Crippen molar-refractivity contribution < 1.29 is 19.1 Å². The first-order valence-electron chi connectivity index (χ1n) is 9.32. The predicted octanol–water partition coefficient (Wildman–Crippen LogP) is 1.32. The summed E-state index contributed by atoms with van der Waals surface area (Å²) < 4.78 is 5.63. The topological polar surface area (TPSA) is 106 Å². The predicted molar refractivity (Wildman–Crippen MR) is 102 cm³/mol. The molecule has 1 atom stereocenters. The number of nitrogens with zero attached hydrogens (tertiary/aromatic N) is 3. The SMILES string of the molecule is CC(=O)N(C[C@@H]1CCCO1)c1nc(C)c(C(=O)N2CCC(C(N)=O)CC2)s1. The van der Waals surface area contributed by atoms with Gasteiger partial charge in [0.2, 0.25) is 11.8 Å². The lowest BCUT2D eigenvalue weighted by Gasteiger charge is -2.30. The number of rotatable bonds is 5. The Balaban J connectivity index is 1.71. The van der Waals surface area contributed by atoms with Gasteiger partial charge in [-0.05, 0) is 32.6 Å². The van der Waals surface area contributed by atoms with Gasteiger partial charge in [-0.15, -0.1) is 0 Å². The second-order valence-corrected chi connectivity index (χ2v) is 8.12. The highest BCUT2D eigenvalue weighted by atomic mass is 32.1. The van der Waals surface area contributed by atoms with Crippen molar-refractivity contribution in [2.75, 3.05) is 31.1 Å². The van der Waals surface area contributed by atoms with Crippen LogP contribution in [0.25, 0.3) is 0 Å². The highest BCUT2D eigenvalue weighted by molar-refractivity contribution is 7.17. The van der Waals surface area contributed by atoms with E-state index in [2.05, 4.69) is 4.98 Å². The highest BCUT2D eigenvalue weighted by Gasteiger charge is 2.30. The van der Waals surface area contributed by atoms with Crippen molar-refractivity contribution in [3.63, 3.8) is 0 Å². The van der Waals surface area contributed by atoms with Crippen LogP contribution in [0.2, 0.25) is 0 Å². The molecular weight excluding hydrogens is 368 g/mol. The fourth-order valence-corrected chi connectivity index (χ4v) is 4.63. The number of thiazole rings is 1. The molecule has 2 N–H and O–H groups in total. The van der Waals surface area contributed by atoms with Gasteiger partial charge in [-0.2, -0.15) is 0 Å². The number of aryl methyl sites for hydroxylation is 1. The van der Waals surface area contributed by atoms with Crippen LogP contribution in [0.1, 0.15) is 48.0 Å². The third kappa shape index (κ3) is 4.47. The van der Waals surface area contributed by atoms with Crippen molar-refractivity contribution in [3.8, 4) is 0 Å². The lowest BCUT2D eigenvalue weighted by atomic mass is 9.96. The summed E-state index contributed by atoms with van der Waals surface area (Å²) in [4.78, 5) is 44.7. The normalized spacial score (nSPS) is 20.7. The second-order valence-electron chi connectivity index (χ2n) is 7.14. The first-order chi connectivity index (χ1) is 12.9. The van der Waals surface area contributed by atoms with E-state index in [0.717, 1.165) is 19.4 Å². The first kappa shape index (κ1) is 19.8. The Hall–Kier alpha value is -2.00. The van der Waals surface area contributed by atoms with Crippen molar-refractivity contribution in [1.82, 2.24) is 9.88 Å². The number of piperidine rings is 1. The molecule has 0 saturated carbocycles. The van der Waals surface area contributed by atoms with Crippen molar-refractivity contribution >= 4 is 34.2 Å². The van der Waals surface area contributed by atoms with Gasteiger partial charge in [-0.25, -0.2) is 4.98 Å². The lowest BCUT2D eigenvalue weighted by molar-refractivity contribution is -0.123. The molecule has 0 aliphatic carbocycles. The van der Waals surface area contributed by atoms with Gasteiger partial charge in [0.25, 0.3) is 5.91 Å². The quantitative estimate of drug-likeness (QED) is 0.811. The van der Waals surface area contributed by atoms with E-state index in [1.807, 2.05) is 0 Å². The molecule has 0 aromatic carbocycles. The summed E-state index contributed by atoms with van der Waals surface area (Å²) in [6.45, 7) is 5.48. The van der Waals surface area contributed by atoms with Crippen LogP contribution >= 0.6 is 11.3 Å². The van der Waals surface area contributed by atoms with Gasteiger partial charge in [0.05, 0.1) is 18.3 Å². The summed E-state index contributed by atoms with van der Waals surface area (Å²) in [5.41, 5.74) is 5.98. The van der Waals surface area contributed by atoms with Crippen LogP contribution in [0, 0.1) is 12.8 Å². The van der Waals surface area contributed by atoms with Crippen molar-refractivity contribution in [2.24, 2.45) is 11.7 Å². The van der Waals surface area contributed by atoms with Gasteiger partial charge in [0.15, 0.2) is 5.13 Å². The number of anilines is 1. The Kier molecular flexibility index (Phi) is 6.11. The summed E-state index contributed by atoms with van der Waals surface area (Å²) in [6, 6.07) is 0. The average molecular weight is 394 g/mol. The van der Waals surface area contributed by atoms with E-state index in [9.17, 15) is 14.4 Å². The molecule has 9 heteroatoms. The van der Waals surface area contributed by atoms with Crippen molar-refractivity contribution in [1.29, 1.82) is 0 Å². The Morgan fingerprint density at radius 2 is 2.00 bits per heavy atom. The summed E-state index contributed by atoms with van der Waals surface area (Å²) >= 11 is 1.24. The van der Waals surface area contributed by atoms with Crippen LogP contribution in [0.4, 0.5) is 5.13 Å². The number of primary amides is 1.